The van der Waals surface area contributed by atoms with Crippen molar-refractivity contribution in [2.24, 2.45) is 0 Å². The summed E-state index contributed by atoms with van der Waals surface area (Å²) in [5, 5.41) is 7.53. The number of β-lactam (4-membered cyclic amide) rings is 1. The van der Waals surface area contributed by atoms with Crippen molar-refractivity contribution in [1.29, 1.82) is 0 Å². The third kappa shape index (κ3) is 10.5. The third-order valence-corrected chi connectivity index (χ3v) is 7.61. The Morgan fingerprint density at radius 1 is 0.700 bits per heavy atom. The van der Waals surface area contributed by atoms with Crippen LogP contribution >= 0.6 is 0 Å². The monoisotopic (exact) mass is 693 g/mol. The lowest BCUT2D eigenvalue weighted by atomic mass is 10.1. The first-order valence-corrected chi connectivity index (χ1v) is 15.6. The second-order valence-corrected chi connectivity index (χ2v) is 11.2. The smallest absolute Gasteiger partial charge is 0.253 e. The molecule has 264 valence electrons. The van der Waals surface area contributed by atoms with Crippen molar-refractivity contribution >= 4 is 64.8 Å². The van der Waals surface area contributed by atoms with E-state index in [1.807, 2.05) is 0 Å². The topological polar surface area (TPSA) is 229 Å². The lowest BCUT2D eigenvalue weighted by Crippen LogP contribution is -2.49. The number of benzene rings is 1. The van der Waals surface area contributed by atoms with Gasteiger partial charge in [-0.3, -0.25) is 62.6 Å². The number of carbonyl (C=O) groups is 10. The molecule has 0 unspecified atom stereocenters. The maximum Gasteiger partial charge on any atom is 0.253 e. The van der Waals surface area contributed by atoms with Gasteiger partial charge in [-0.05, 0) is 24.1 Å². The van der Waals surface area contributed by atoms with Gasteiger partial charge in [-0.15, -0.1) is 0 Å². The van der Waals surface area contributed by atoms with Crippen LogP contribution < -0.4 is 16.0 Å². The summed E-state index contributed by atoms with van der Waals surface area (Å²) < 4.78 is 5.24. The standard InChI is InChI=1S/C32H35N7O11/c40-23(33-12-15-38-27(44)7-8-28(38)45)17-36(18-24(41)34-13-16-39-29(46)9-10-30(39)47)32(49)20-50-19-25(42)35-22-4-1-21(2-5-22)3-6-26(43)37-14-11-31(37)48/h1-2,4-5,7-10H,3,6,11-20H2,(H,33,40)(H,34,41)(H,35,42). The van der Waals surface area contributed by atoms with Gasteiger partial charge >= 0.3 is 0 Å². The van der Waals surface area contributed by atoms with E-state index < -0.39 is 73.6 Å². The van der Waals surface area contributed by atoms with Gasteiger partial charge in [0.2, 0.25) is 35.4 Å². The van der Waals surface area contributed by atoms with E-state index in [1.165, 1.54) is 4.90 Å². The minimum Gasteiger partial charge on any atom is -0.362 e. The predicted octanol–water partition coefficient (Wildman–Crippen LogP) is -2.76. The molecule has 3 aliphatic rings. The summed E-state index contributed by atoms with van der Waals surface area (Å²) in [6, 6.07) is 6.67. The molecule has 1 fully saturated rings. The molecular formula is C32H35N7O11. The maximum atomic E-state index is 13.0. The number of rotatable bonds is 18. The number of likely N-dealkylation sites (tertiary alicyclic amines) is 1. The molecule has 10 amide bonds. The first-order chi connectivity index (χ1) is 23.9. The highest BCUT2D eigenvalue weighted by Crippen LogP contribution is 2.15. The number of amides is 10. The van der Waals surface area contributed by atoms with Gasteiger partial charge in [-0.1, -0.05) is 12.1 Å². The van der Waals surface area contributed by atoms with E-state index in [2.05, 4.69) is 16.0 Å². The Bertz CT molecular complexity index is 1540. The Hall–Kier alpha value is -6.04. The molecule has 18 nitrogen and oxygen atoms in total. The molecule has 0 aliphatic carbocycles. The van der Waals surface area contributed by atoms with E-state index in [0.29, 0.717) is 25.1 Å². The molecule has 1 aromatic carbocycles. The third-order valence-electron chi connectivity index (χ3n) is 7.61. The summed E-state index contributed by atoms with van der Waals surface area (Å²) in [6.07, 6.45) is 5.35. The molecule has 3 heterocycles. The van der Waals surface area contributed by atoms with Gasteiger partial charge in [-0.2, -0.15) is 0 Å². The van der Waals surface area contributed by atoms with Crippen molar-refractivity contribution in [3.63, 3.8) is 0 Å². The Labute approximate surface area is 285 Å². The predicted molar refractivity (Wildman–Crippen MR) is 170 cm³/mol. The molecule has 18 heteroatoms. The molecule has 3 N–H and O–H groups in total. The molecule has 50 heavy (non-hydrogen) atoms. The summed E-state index contributed by atoms with van der Waals surface area (Å²) in [5.41, 5.74) is 1.25. The van der Waals surface area contributed by atoms with E-state index in [-0.39, 0.29) is 44.4 Å². The summed E-state index contributed by atoms with van der Waals surface area (Å²) >= 11 is 0. The summed E-state index contributed by atoms with van der Waals surface area (Å²) in [7, 11) is 0. The van der Waals surface area contributed by atoms with Crippen LogP contribution in [-0.4, -0.2) is 138 Å². The van der Waals surface area contributed by atoms with Gasteiger partial charge in [0.05, 0.1) is 0 Å². The van der Waals surface area contributed by atoms with Crippen LogP contribution in [0.2, 0.25) is 0 Å². The van der Waals surface area contributed by atoms with Gasteiger partial charge in [0.25, 0.3) is 23.6 Å². The molecule has 3 aliphatic heterocycles. The SMILES string of the molecule is O=C(CN(CC(=O)NCCN1C(=O)C=CC1=O)C(=O)COCC(=O)Nc1ccc(CCC(=O)N2CCC2=O)cc1)NCCN1C(=O)C=CC1=O. The Kier molecular flexibility index (Phi) is 12.8. The lowest BCUT2D eigenvalue weighted by molar-refractivity contribution is -0.152. The maximum absolute atomic E-state index is 13.0. The van der Waals surface area contributed by atoms with Crippen LogP contribution in [0.4, 0.5) is 5.69 Å². The van der Waals surface area contributed by atoms with E-state index in [1.54, 1.807) is 24.3 Å². The van der Waals surface area contributed by atoms with Gasteiger partial charge < -0.3 is 25.6 Å². The average Bonchev–Trinajstić information content (AvgIpc) is 3.57. The van der Waals surface area contributed by atoms with Gasteiger partial charge in [-0.25, -0.2) is 0 Å². The number of nitrogens with zero attached hydrogens (tertiary/aromatic N) is 4. The van der Waals surface area contributed by atoms with E-state index in [9.17, 15) is 47.9 Å². The molecule has 0 atom stereocenters. The first kappa shape index (κ1) is 36.8. The fourth-order valence-electron chi connectivity index (χ4n) is 4.85. The van der Waals surface area contributed by atoms with E-state index in [4.69, 9.17) is 4.74 Å². The molecule has 1 saturated heterocycles. The fourth-order valence-corrected chi connectivity index (χ4v) is 4.85. The van der Waals surface area contributed by atoms with Crippen LogP contribution in [0.1, 0.15) is 18.4 Å². The minimum absolute atomic E-state index is 0.116. The summed E-state index contributed by atoms with van der Waals surface area (Å²) in [6.45, 7) is -2.47. The molecular weight excluding hydrogens is 658 g/mol. The average molecular weight is 694 g/mol. The van der Waals surface area contributed by atoms with E-state index >= 15 is 0 Å². The molecule has 0 saturated carbocycles. The van der Waals surface area contributed by atoms with Crippen LogP contribution in [0.25, 0.3) is 0 Å². The lowest BCUT2D eigenvalue weighted by Gasteiger charge is -2.28. The number of carbonyl (C=O) groups excluding carboxylic acids is 10. The van der Waals surface area contributed by atoms with Gasteiger partial charge in [0.15, 0.2) is 0 Å². The molecule has 0 radical (unpaired) electrons. The second kappa shape index (κ2) is 17.4. The van der Waals surface area contributed by atoms with Crippen molar-refractivity contribution in [2.75, 3.05) is 64.3 Å². The quantitative estimate of drug-likeness (QED) is 0.105. The van der Waals surface area contributed by atoms with Crippen LogP contribution in [0.3, 0.4) is 0 Å². The zero-order chi connectivity index (χ0) is 36.2. The highest BCUT2D eigenvalue weighted by Gasteiger charge is 2.29. The van der Waals surface area contributed by atoms with Crippen molar-refractivity contribution in [3.05, 3.63) is 54.1 Å². The Morgan fingerprint density at radius 2 is 1.22 bits per heavy atom. The fraction of sp³-hybridized carbons (Fsp3) is 0.375. The summed E-state index contributed by atoms with van der Waals surface area (Å²) in [4.78, 5) is 125. The number of nitrogens with one attached hydrogen (secondary N) is 3. The summed E-state index contributed by atoms with van der Waals surface area (Å²) in [5.74, 6) is -5.38. The van der Waals surface area contributed by atoms with Crippen molar-refractivity contribution in [1.82, 2.24) is 30.2 Å². The molecule has 0 aromatic heterocycles. The number of ether oxygens (including phenoxy) is 1. The zero-order valence-electron chi connectivity index (χ0n) is 26.9. The highest BCUT2D eigenvalue weighted by atomic mass is 16.5. The number of anilines is 1. The molecule has 0 spiro atoms. The van der Waals surface area contributed by atoms with Crippen LogP contribution in [0.5, 0.6) is 0 Å². The van der Waals surface area contributed by atoms with Crippen LogP contribution in [0.15, 0.2) is 48.6 Å². The van der Waals surface area contributed by atoms with Gasteiger partial charge in [0, 0.05) is 75.6 Å². The number of hydrogen-bond acceptors (Lipinski definition) is 11. The van der Waals surface area contributed by atoms with Crippen molar-refractivity contribution in [3.8, 4) is 0 Å². The number of hydrogen-bond donors (Lipinski definition) is 3. The van der Waals surface area contributed by atoms with Gasteiger partial charge in [0.1, 0.15) is 26.3 Å². The van der Waals surface area contributed by atoms with Crippen LogP contribution in [-0.2, 0) is 59.1 Å². The van der Waals surface area contributed by atoms with Crippen molar-refractivity contribution < 1.29 is 52.7 Å². The highest BCUT2D eigenvalue weighted by molar-refractivity contribution is 6.13. The first-order valence-electron chi connectivity index (χ1n) is 15.6. The molecule has 4 rings (SSSR count). The minimum atomic E-state index is -0.815. The Morgan fingerprint density at radius 3 is 1.68 bits per heavy atom. The Balaban J connectivity index is 1.22. The van der Waals surface area contributed by atoms with Crippen molar-refractivity contribution in [2.45, 2.75) is 19.3 Å². The second-order valence-electron chi connectivity index (χ2n) is 11.2. The normalized spacial score (nSPS) is 15.0. The van der Waals surface area contributed by atoms with Crippen LogP contribution in [0, 0.1) is 0 Å². The number of aryl methyl sites for hydroxylation is 1. The number of imide groups is 3. The molecule has 0 bridgehead atoms. The molecule has 1 aromatic rings. The van der Waals surface area contributed by atoms with E-state index in [0.717, 1.165) is 44.6 Å². The zero-order valence-corrected chi connectivity index (χ0v) is 26.9. The largest absolute Gasteiger partial charge is 0.362 e.